The normalized spacial score (nSPS) is 13.5. The number of carboxylic acids is 1. The minimum Gasteiger partial charge on any atom is -0.478 e. The molecule has 0 atom stereocenters. The molecule has 0 unspecified atom stereocenters. The number of hydrogen-bond acceptors (Lipinski definition) is 5. The maximum atomic E-state index is 12.6. The molecule has 1 aliphatic heterocycles. The zero-order chi connectivity index (χ0) is 24.2. The highest BCUT2D eigenvalue weighted by Gasteiger charge is 2.21. The molecular weight excluding hydrogens is 454 g/mol. The second-order valence-electron chi connectivity index (χ2n) is 8.08. The summed E-state index contributed by atoms with van der Waals surface area (Å²) in [5, 5.41) is 12.8. The van der Waals surface area contributed by atoms with E-state index in [-0.39, 0.29) is 17.0 Å². The molecule has 8 heteroatoms. The van der Waals surface area contributed by atoms with Crippen molar-refractivity contribution in [3.05, 3.63) is 88.4 Å². The average molecular weight is 478 g/mol. The van der Waals surface area contributed by atoms with Gasteiger partial charge in [-0.15, -0.1) is 0 Å². The number of nitrogens with one attached hydrogen (secondary N) is 1. The number of aromatic carboxylic acids is 1. The average Bonchev–Trinajstić information content (AvgIpc) is 2.84. The maximum absolute atomic E-state index is 12.6. The molecule has 1 aliphatic rings. The van der Waals surface area contributed by atoms with E-state index in [1.807, 2.05) is 30.3 Å². The number of amides is 1. The minimum absolute atomic E-state index is 0.0233. The molecule has 7 nitrogen and oxygen atoms in total. The first-order valence-corrected chi connectivity index (χ1v) is 11.2. The fourth-order valence-electron chi connectivity index (χ4n) is 3.97. The van der Waals surface area contributed by atoms with Crippen molar-refractivity contribution in [1.29, 1.82) is 0 Å². The summed E-state index contributed by atoms with van der Waals surface area (Å²) in [5.41, 5.74) is 3.12. The van der Waals surface area contributed by atoms with Gasteiger partial charge in [-0.1, -0.05) is 17.7 Å². The van der Waals surface area contributed by atoms with Crippen LogP contribution < -0.4 is 15.1 Å². The number of piperazine rings is 1. The smallest absolute Gasteiger partial charge is 0.337 e. The van der Waals surface area contributed by atoms with Crippen molar-refractivity contribution >= 4 is 46.3 Å². The lowest BCUT2D eigenvalue weighted by molar-refractivity contribution is 0.0697. The van der Waals surface area contributed by atoms with Gasteiger partial charge in [0.2, 0.25) is 0 Å². The highest BCUT2D eigenvalue weighted by Crippen LogP contribution is 2.26. The lowest BCUT2D eigenvalue weighted by Crippen LogP contribution is -2.46. The second-order valence-corrected chi connectivity index (χ2v) is 8.51. The van der Waals surface area contributed by atoms with Gasteiger partial charge in [0, 0.05) is 53.7 Å². The Morgan fingerprint density at radius 1 is 0.824 bits per heavy atom. The number of ketones is 1. The van der Waals surface area contributed by atoms with Crippen LogP contribution in [0.1, 0.15) is 38.0 Å². The van der Waals surface area contributed by atoms with Crippen molar-refractivity contribution in [1.82, 2.24) is 0 Å². The van der Waals surface area contributed by atoms with E-state index in [4.69, 9.17) is 11.6 Å². The number of carboxylic acid groups (broad SMARTS) is 1. The highest BCUT2D eigenvalue weighted by molar-refractivity contribution is 6.31. The van der Waals surface area contributed by atoms with E-state index in [9.17, 15) is 19.5 Å². The van der Waals surface area contributed by atoms with Crippen molar-refractivity contribution in [2.75, 3.05) is 41.3 Å². The van der Waals surface area contributed by atoms with E-state index in [1.54, 1.807) is 37.3 Å². The number of hydrogen-bond donors (Lipinski definition) is 2. The van der Waals surface area contributed by atoms with E-state index < -0.39 is 11.9 Å². The number of carbonyl (C=O) groups excluding carboxylic acids is 2. The van der Waals surface area contributed by atoms with E-state index in [2.05, 4.69) is 15.1 Å². The third-order valence-electron chi connectivity index (χ3n) is 5.85. The van der Waals surface area contributed by atoms with Gasteiger partial charge >= 0.3 is 5.97 Å². The third kappa shape index (κ3) is 5.21. The molecule has 1 amide bonds. The van der Waals surface area contributed by atoms with Crippen LogP contribution in [0.2, 0.25) is 5.02 Å². The van der Waals surface area contributed by atoms with Gasteiger partial charge in [0.1, 0.15) is 0 Å². The van der Waals surface area contributed by atoms with E-state index >= 15 is 0 Å². The first kappa shape index (κ1) is 23.3. The molecule has 34 heavy (non-hydrogen) atoms. The zero-order valence-electron chi connectivity index (χ0n) is 18.6. The maximum Gasteiger partial charge on any atom is 0.337 e. The Labute approximate surface area is 202 Å². The fraction of sp³-hybridized carbons (Fsp3) is 0.192. The Kier molecular flexibility index (Phi) is 6.84. The Balaban J connectivity index is 1.45. The summed E-state index contributed by atoms with van der Waals surface area (Å²) in [5.74, 6) is -1.51. The largest absolute Gasteiger partial charge is 0.478 e. The predicted octanol–water partition coefficient (Wildman–Crippen LogP) is 4.82. The second kappa shape index (κ2) is 9.97. The van der Waals surface area contributed by atoms with Crippen LogP contribution in [-0.4, -0.2) is 48.9 Å². The SMILES string of the molecule is CC(=O)c1ccc(N2CCN(c3ccc(NC(=O)c4cccc(Cl)c4)c(C(=O)O)c3)CC2)cc1. The molecule has 3 aromatic carbocycles. The number of anilines is 3. The Bertz CT molecular complexity index is 1240. The zero-order valence-corrected chi connectivity index (χ0v) is 19.4. The Morgan fingerprint density at radius 2 is 1.44 bits per heavy atom. The number of rotatable bonds is 6. The van der Waals surface area contributed by atoms with Gasteiger partial charge < -0.3 is 20.2 Å². The first-order chi connectivity index (χ1) is 16.3. The quantitative estimate of drug-likeness (QED) is 0.495. The molecule has 1 saturated heterocycles. The van der Waals surface area contributed by atoms with Crippen LogP contribution in [0.4, 0.5) is 17.1 Å². The molecule has 0 aliphatic carbocycles. The van der Waals surface area contributed by atoms with Gasteiger partial charge in [-0.05, 0) is 67.6 Å². The first-order valence-electron chi connectivity index (χ1n) is 10.9. The van der Waals surface area contributed by atoms with Crippen molar-refractivity contribution in [3.63, 3.8) is 0 Å². The molecule has 3 aromatic rings. The molecule has 174 valence electrons. The molecule has 1 fully saturated rings. The van der Waals surface area contributed by atoms with Crippen molar-refractivity contribution in [3.8, 4) is 0 Å². The highest BCUT2D eigenvalue weighted by atomic mass is 35.5. The fourth-order valence-corrected chi connectivity index (χ4v) is 4.16. The van der Waals surface area contributed by atoms with Gasteiger partial charge in [-0.2, -0.15) is 0 Å². The standard InChI is InChI=1S/C26H24ClN3O4/c1-17(31)18-5-7-21(8-6-18)29-11-13-30(14-12-29)22-9-10-24(23(16-22)26(33)34)28-25(32)19-3-2-4-20(27)15-19/h2-10,15-16H,11-14H2,1H3,(H,28,32)(H,33,34). The van der Waals surface area contributed by atoms with Crippen LogP contribution in [0.3, 0.4) is 0 Å². The van der Waals surface area contributed by atoms with E-state index in [0.717, 1.165) is 24.5 Å². The molecule has 0 radical (unpaired) electrons. The van der Waals surface area contributed by atoms with Crippen molar-refractivity contribution < 1.29 is 19.5 Å². The summed E-state index contributed by atoms with van der Waals surface area (Å²) < 4.78 is 0. The number of halogens is 1. The van der Waals surface area contributed by atoms with Crippen LogP contribution in [-0.2, 0) is 0 Å². The molecule has 1 heterocycles. The van der Waals surface area contributed by atoms with Gasteiger partial charge in [-0.25, -0.2) is 4.79 Å². The van der Waals surface area contributed by atoms with Crippen LogP contribution in [0.5, 0.6) is 0 Å². The summed E-state index contributed by atoms with van der Waals surface area (Å²) in [6, 6.07) is 19.1. The summed E-state index contributed by atoms with van der Waals surface area (Å²) in [6.07, 6.45) is 0. The number of nitrogens with zero attached hydrogens (tertiary/aromatic N) is 2. The summed E-state index contributed by atoms with van der Waals surface area (Å²) in [7, 11) is 0. The van der Waals surface area contributed by atoms with E-state index in [1.165, 1.54) is 6.07 Å². The van der Waals surface area contributed by atoms with Crippen LogP contribution in [0, 0.1) is 0 Å². The molecule has 2 N–H and O–H groups in total. The monoisotopic (exact) mass is 477 g/mol. The van der Waals surface area contributed by atoms with Crippen LogP contribution in [0.15, 0.2) is 66.7 Å². The van der Waals surface area contributed by atoms with Crippen LogP contribution in [0.25, 0.3) is 0 Å². The van der Waals surface area contributed by atoms with Gasteiger partial charge in [0.15, 0.2) is 5.78 Å². The lowest BCUT2D eigenvalue weighted by Gasteiger charge is -2.37. The Hall–Kier alpha value is -3.84. The molecular formula is C26H24ClN3O4. The minimum atomic E-state index is -1.12. The predicted molar refractivity (Wildman–Crippen MR) is 134 cm³/mol. The summed E-state index contributed by atoms with van der Waals surface area (Å²) in [6.45, 7) is 4.49. The van der Waals surface area contributed by atoms with Gasteiger partial charge in [-0.3, -0.25) is 9.59 Å². The molecule has 0 bridgehead atoms. The summed E-state index contributed by atoms with van der Waals surface area (Å²) >= 11 is 5.95. The van der Waals surface area contributed by atoms with Crippen LogP contribution >= 0.6 is 11.6 Å². The number of Topliss-reactive ketones (excluding diaryl/α,β-unsaturated/α-hetero) is 1. The third-order valence-corrected chi connectivity index (χ3v) is 6.09. The van der Waals surface area contributed by atoms with Crippen molar-refractivity contribution in [2.45, 2.75) is 6.92 Å². The van der Waals surface area contributed by atoms with Gasteiger partial charge in [0.25, 0.3) is 5.91 Å². The van der Waals surface area contributed by atoms with Gasteiger partial charge in [0.05, 0.1) is 11.3 Å². The Morgan fingerprint density at radius 3 is 2.03 bits per heavy atom. The summed E-state index contributed by atoms with van der Waals surface area (Å²) in [4.78, 5) is 40.3. The molecule has 0 saturated carbocycles. The number of carbonyl (C=O) groups is 3. The van der Waals surface area contributed by atoms with E-state index in [0.29, 0.717) is 29.2 Å². The molecule has 4 rings (SSSR count). The molecule has 0 spiro atoms. The topological polar surface area (TPSA) is 90.0 Å². The number of benzene rings is 3. The van der Waals surface area contributed by atoms with Crippen molar-refractivity contribution in [2.24, 2.45) is 0 Å². The molecule has 0 aromatic heterocycles. The lowest BCUT2D eigenvalue weighted by atomic mass is 10.1.